The van der Waals surface area contributed by atoms with Crippen LogP contribution in [0.1, 0.15) is 35.0 Å². The standard InChI is InChI=1S/C18H20N4O2S/c1-5-24-18(23)16-21-13-12-10(3)9(2)11(4)20-17(12)25-14(13)15-19-7-6-8-22(15)16/h5-8H2,1-4H3. The molecule has 2 aromatic heterocycles. The monoisotopic (exact) mass is 356 g/mol. The van der Waals surface area contributed by atoms with E-state index in [1.165, 1.54) is 0 Å². The minimum atomic E-state index is -0.392. The van der Waals surface area contributed by atoms with E-state index in [0.717, 1.165) is 62.9 Å². The fourth-order valence-electron chi connectivity index (χ4n) is 3.30. The van der Waals surface area contributed by atoms with Crippen LogP contribution in [-0.4, -0.2) is 47.2 Å². The Morgan fingerprint density at radius 3 is 2.84 bits per heavy atom. The van der Waals surface area contributed by atoms with Crippen LogP contribution in [-0.2, 0) is 9.53 Å². The van der Waals surface area contributed by atoms with Gasteiger partial charge in [-0.2, -0.15) is 0 Å². The van der Waals surface area contributed by atoms with Gasteiger partial charge in [0, 0.05) is 24.2 Å². The number of aryl methyl sites for hydroxylation is 2. The number of fused-ring (bicyclic) bond motifs is 5. The molecule has 0 spiro atoms. The number of nitrogens with zero attached hydrogens (tertiary/aromatic N) is 4. The number of carbonyl (C=O) groups excluding carboxylic acids is 1. The summed E-state index contributed by atoms with van der Waals surface area (Å²) in [6, 6.07) is 0. The molecule has 0 bridgehead atoms. The van der Waals surface area contributed by atoms with E-state index in [-0.39, 0.29) is 0 Å². The number of amidine groups is 2. The molecule has 4 rings (SSSR count). The first-order chi connectivity index (χ1) is 12.0. The molecule has 0 atom stereocenters. The van der Waals surface area contributed by atoms with Crippen molar-refractivity contribution in [2.24, 2.45) is 9.98 Å². The molecule has 0 unspecified atom stereocenters. The second-order valence-electron chi connectivity index (χ2n) is 6.27. The van der Waals surface area contributed by atoms with E-state index in [4.69, 9.17) is 19.7 Å². The summed E-state index contributed by atoms with van der Waals surface area (Å²) in [5, 5.41) is 1.03. The van der Waals surface area contributed by atoms with Crippen LogP contribution in [0.2, 0.25) is 0 Å². The summed E-state index contributed by atoms with van der Waals surface area (Å²) >= 11 is 1.61. The summed E-state index contributed by atoms with van der Waals surface area (Å²) in [6.45, 7) is 9.82. The molecule has 0 saturated carbocycles. The van der Waals surface area contributed by atoms with Gasteiger partial charge in [0.2, 0.25) is 5.84 Å². The van der Waals surface area contributed by atoms with Crippen molar-refractivity contribution in [3.05, 3.63) is 21.7 Å². The lowest BCUT2D eigenvalue weighted by atomic mass is 10.0. The highest BCUT2D eigenvalue weighted by Crippen LogP contribution is 2.43. The maximum atomic E-state index is 12.5. The van der Waals surface area contributed by atoms with Crippen molar-refractivity contribution in [3.8, 4) is 0 Å². The van der Waals surface area contributed by atoms with Crippen LogP contribution in [0.5, 0.6) is 0 Å². The van der Waals surface area contributed by atoms with E-state index >= 15 is 0 Å². The van der Waals surface area contributed by atoms with Crippen LogP contribution >= 0.6 is 11.3 Å². The van der Waals surface area contributed by atoms with E-state index in [1.54, 1.807) is 18.3 Å². The van der Waals surface area contributed by atoms with E-state index in [2.05, 4.69) is 13.8 Å². The smallest absolute Gasteiger partial charge is 0.374 e. The number of esters is 1. The van der Waals surface area contributed by atoms with Gasteiger partial charge in [-0.3, -0.25) is 4.99 Å². The van der Waals surface area contributed by atoms with Crippen molar-refractivity contribution < 1.29 is 9.53 Å². The largest absolute Gasteiger partial charge is 0.460 e. The number of pyridine rings is 1. The van der Waals surface area contributed by atoms with Crippen molar-refractivity contribution in [1.29, 1.82) is 0 Å². The first kappa shape index (κ1) is 16.2. The van der Waals surface area contributed by atoms with Gasteiger partial charge in [-0.15, -0.1) is 11.3 Å². The molecule has 0 fully saturated rings. The number of aliphatic imine (C=N–C) groups is 2. The van der Waals surface area contributed by atoms with Crippen molar-refractivity contribution in [2.75, 3.05) is 19.7 Å². The third-order valence-corrected chi connectivity index (χ3v) is 5.87. The molecule has 0 N–H and O–H groups in total. The summed E-state index contributed by atoms with van der Waals surface area (Å²) in [6.07, 6.45) is 0.900. The Labute approximate surface area is 150 Å². The lowest BCUT2D eigenvalue weighted by molar-refractivity contribution is -0.135. The van der Waals surface area contributed by atoms with Crippen LogP contribution in [0.4, 0.5) is 5.69 Å². The van der Waals surface area contributed by atoms with E-state index in [1.807, 2.05) is 11.8 Å². The third-order valence-electron chi connectivity index (χ3n) is 4.81. The topological polar surface area (TPSA) is 67.1 Å². The second-order valence-corrected chi connectivity index (χ2v) is 7.27. The Balaban J connectivity index is 2.02. The van der Waals surface area contributed by atoms with Gasteiger partial charge in [0.25, 0.3) is 0 Å². The lowest BCUT2D eigenvalue weighted by Crippen LogP contribution is -2.46. The number of hydrogen-bond donors (Lipinski definition) is 0. The molecule has 0 radical (unpaired) electrons. The van der Waals surface area contributed by atoms with Gasteiger partial charge in [-0.1, -0.05) is 0 Å². The minimum absolute atomic E-state index is 0.328. The van der Waals surface area contributed by atoms with Gasteiger partial charge in [0.1, 0.15) is 10.7 Å². The van der Waals surface area contributed by atoms with Crippen molar-refractivity contribution in [2.45, 2.75) is 34.1 Å². The van der Waals surface area contributed by atoms with E-state index in [0.29, 0.717) is 12.4 Å². The number of rotatable bonds is 2. The average molecular weight is 356 g/mol. The summed E-state index contributed by atoms with van der Waals surface area (Å²) in [7, 11) is 0. The normalized spacial score (nSPS) is 16.2. The highest BCUT2D eigenvalue weighted by atomic mass is 32.1. The van der Waals surface area contributed by atoms with Gasteiger partial charge in [0.05, 0.1) is 17.2 Å². The molecule has 2 aliphatic rings. The average Bonchev–Trinajstić information content (AvgIpc) is 2.97. The molecule has 0 aliphatic carbocycles. The van der Waals surface area contributed by atoms with E-state index in [9.17, 15) is 4.79 Å². The van der Waals surface area contributed by atoms with Crippen LogP contribution in [0, 0.1) is 20.8 Å². The fourth-order valence-corrected chi connectivity index (χ4v) is 4.54. The summed E-state index contributed by atoms with van der Waals surface area (Å²) in [4.78, 5) is 30.5. The first-order valence-electron chi connectivity index (χ1n) is 8.51. The van der Waals surface area contributed by atoms with Crippen LogP contribution in [0.15, 0.2) is 9.98 Å². The Kier molecular flexibility index (Phi) is 3.83. The Bertz CT molecular complexity index is 958. The highest BCUT2D eigenvalue weighted by Gasteiger charge is 2.35. The van der Waals surface area contributed by atoms with Gasteiger partial charge in [-0.05, 0) is 45.2 Å². The Morgan fingerprint density at radius 1 is 1.28 bits per heavy atom. The minimum Gasteiger partial charge on any atom is -0.460 e. The summed E-state index contributed by atoms with van der Waals surface area (Å²) in [5.74, 6) is 0.777. The highest BCUT2D eigenvalue weighted by molar-refractivity contribution is 7.21. The van der Waals surface area contributed by atoms with Crippen molar-refractivity contribution in [1.82, 2.24) is 9.88 Å². The van der Waals surface area contributed by atoms with Gasteiger partial charge in [-0.25, -0.2) is 14.8 Å². The molecule has 0 aromatic carbocycles. The summed E-state index contributed by atoms with van der Waals surface area (Å²) < 4.78 is 5.23. The van der Waals surface area contributed by atoms with Crippen molar-refractivity contribution >= 4 is 44.9 Å². The van der Waals surface area contributed by atoms with Crippen molar-refractivity contribution in [3.63, 3.8) is 0 Å². The Hall–Kier alpha value is -2.28. The number of ether oxygens (including phenoxy) is 1. The molecule has 0 saturated heterocycles. The zero-order valence-electron chi connectivity index (χ0n) is 14.8. The SMILES string of the molecule is CCOC(=O)C1=Nc2c(sc3nc(C)c(C)c(C)c23)C2=NCCCN12. The fraction of sp³-hybridized carbons (Fsp3) is 0.444. The predicted molar refractivity (Wildman–Crippen MR) is 100 cm³/mol. The zero-order valence-corrected chi connectivity index (χ0v) is 15.7. The maximum Gasteiger partial charge on any atom is 0.374 e. The van der Waals surface area contributed by atoms with Crippen LogP contribution in [0.3, 0.4) is 0 Å². The molecule has 6 nitrogen and oxygen atoms in total. The molecular weight excluding hydrogens is 336 g/mol. The van der Waals surface area contributed by atoms with Gasteiger partial charge < -0.3 is 9.64 Å². The number of aromatic nitrogens is 1. The van der Waals surface area contributed by atoms with Gasteiger partial charge >= 0.3 is 5.97 Å². The quantitative estimate of drug-likeness (QED) is 0.775. The molecule has 2 aliphatic heterocycles. The van der Waals surface area contributed by atoms with Gasteiger partial charge in [0.15, 0.2) is 0 Å². The molecule has 0 amide bonds. The Morgan fingerprint density at radius 2 is 2.08 bits per heavy atom. The zero-order chi connectivity index (χ0) is 17.7. The number of thiophene rings is 1. The molecule has 2 aromatic rings. The van der Waals surface area contributed by atoms with Crippen LogP contribution in [0.25, 0.3) is 10.2 Å². The second kappa shape index (κ2) is 5.91. The number of hydrogen-bond acceptors (Lipinski definition) is 7. The number of carbonyl (C=O) groups is 1. The molecule has 25 heavy (non-hydrogen) atoms. The van der Waals surface area contributed by atoms with Crippen LogP contribution < -0.4 is 0 Å². The lowest BCUT2D eigenvalue weighted by Gasteiger charge is -2.31. The third kappa shape index (κ3) is 2.37. The molecule has 7 heteroatoms. The summed E-state index contributed by atoms with van der Waals surface area (Å²) in [5.41, 5.74) is 4.17. The maximum absolute atomic E-state index is 12.5. The first-order valence-corrected chi connectivity index (χ1v) is 9.33. The molecule has 4 heterocycles. The van der Waals surface area contributed by atoms with E-state index < -0.39 is 5.97 Å². The predicted octanol–water partition coefficient (Wildman–Crippen LogP) is 3.28. The molecular formula is C18H20N4O2S. The molecule has 130 valence electrons.